The first-order chi connectivity index (χ1) is 12.0. The van der Waals surface area contributed by atoms with Gasteiger partial charge in [-0.05, 0) is 12.5 Å². The molecule has 1 aliphatic heterocycles. The van der Waals surface area contributed by atoms with Crippen LogP contribution in [0.25, 0.3) is 5.70 Å². The number of nitro groups is 1. The number of aliphatic hydroxyl groups is 1. The molecule has 0 unspecified atom stereocenters. The standard InChI is InChI=1S/C16H18N4O5/c1-16(7-24-11-25-8-16)15(21)14(19-10-17-9-18-19)6-12-2-4-13(5-3-12)20(22)23/h2-5,9-10,21H,6-8,11H2,1H3. The van der Waals surface area contributed by atoms with Gasteiger partial charge in [-0.2, -0.15) is 5.10 Å². The minimum absolute atomic E-state index is 0.0142. The predicted molar refractivity (Wildman–Crippen MR) is 87.5 cm³/mol. The highest BCUT2D eigenvalue weighted by atomic mass is 16.7. The number of hydrogen-bond donors (Lipinski definition) is 1. The fraction of sp³-hybridized carbons (Fsp3) is 0.375. The summed E-state index contributed by atoms with van der Waals surface area (Å²) in [5, 5.41) is 25.8. The Balaban J connectivity index is 1.95. The Morgan fingerprint density at radius 1 is 1.36 bits per heavy atom. The van der Waals surface area contributed by atoms with Gasteiger partial charge in [-0.15, -0.1) is 0 Å². The van der Waals surface area contributed by atoms with Crippen molar-refractivity contribution in [2.24, 2.45) is 5.41 Å². The van der Waals surface area contributed by atoms with Crippen LogP contribution in [0.3, 0.4) is 0 Å². The zero-order valence-electron chi connectivity index (χ0n) is 13.7. The second-order valence-electron chi connectivity index (χ2n) is 6.11. The first-order valence-corrected chi connectivity index (χ1v) is 7.66. The molecule has 0 radical (unpaired) electrons. The van der Waals surface area contributed by atoms with E-state index in [1.54, 1.807) is 12.1 Å². The van der Waals surface area contributed by atoms with E-state index in [9.17, 15) is 15.2 Å². The number of aliphatic hydroxyl groups excluding tert-OH is 1. The second-order valence-corrected chi connectivity index (χ2v) is 6.11. The summed E-state index contributed by atoms with van der Waals surface area (Å²) in [4.78, 5) is 14.3. The van der Waals surface area contributed by atoms with E-state index in [1.165, 1.54) is 29.5 Å². The van der Waals surface area contributed by atoms with Crippen molar-refractivity contribution >= 4 is 11.4 Å². The van der Waals surface area contributed by atoms with Crippen molar-refractivity contribution in [1.29, 1.82) is 0 Å². The molecule has 0 bridgehead atoms. The lowest BCUT2D eigenvalue weighted by atomic mass is 9.87. The van der Waals surface area contributed by atoms with E-state index in [0.29, 0.717) is 25.3 Å². The van der Waals surface area contributed by atoms with E-state index in [2.05, 4.69) is 10.1 Å². The highest BCUT2D eigenvalue weighted by molar-refractivity contribution is 5.53. The molecular weight excluding hydrogens is 328 g/mol. The first-order valence-electron chi connectivity index (χ1n) is 7.66. The molecule has 2 aromatic rings. The Hall–Kier alpha value is -2.78. The summed E-state index contributed by atoms with van der Waals surface area (Å²) in [5.41, 5.74) is 0.618. The van der Waals surface area contributed by atoms with Crippen LogP contribution in [-0.2, 0) is 15.9 Å². The number of aromatic nitrogens is 3. The van der Waals surface area contributed by atoms with Crippen molar-refractivity contribution in [3.05, 3.63) is 58.4 Å². The van der Waals surface area contributed by atoms with Gasteiger partial charge in [0.2, 0.25) is 0 Å². The Morgan fingerprint density at radius 3 is 2.60 bits per heavy atom. The van der Waals surface area contributed by atoms with Crippen LogP contribution >= 0.6 is 0 Å². The van der Waals surface area contributed by atoms with Gasteiger partial charge >= 0.3 is 0 Å². The Labute approximate surface area is 143 Å². The Morgan fingerprint density at radius 2 is 2.04 bits per heavy atom. The number of non-ortho nitro benzene ring substituents is 1. The number of nitrogens with zero attached hydrogens (tertiary/aromatic N) is 4. The molecule has 0 aliphatic carbocycles. The van der Waals surface area contributed by atoms with Gasteiger partial charge in [0.25, 0.3) is 5.69 Å². The summed E-state index contributed by atoms with van der Waals surface area (Å²) in [6.45, 7) is 2.67. The highest BCUT2D eigenvalue weighted by Gasteiger charge is 2.36. The molecule has 3 rings (SSSR count). The van der Waals surface area contributed by atoms with Crippen molar-refractivity contribution < 1.29 is 19.5 Å². The summed E-state index contributed by atoms with van der Waals surface area (Å²) < 4.78 is 12.1. The van der Waals surface area contributed by atoms with E-state index in [0.717, 1.165) is 5.56 Å². The van der Waals surface area contributed by atoms with Gasteiger partial charge in [-0.25, -0.2) is 9.67 Å². The lowest BCUT2D eigenvalue weighted by molar-refractivity contribution is -0.384. The molecule has 1 saturated heterocycles. The summed E-state index contributed by atoms with van der Waals surface area (Å²) >= 11 is 0. The molecule has 2 heterocycles. The summed E-state index contributed by atoms with van der Waals surface area (Å²) in [5.74, 6) is 0.0936. The molecule has 0 saturated carbocycles. The fourth-order valence-electron chi connectivity index (χ4n) is 2.67. The summed E-state index contributed by atoms with van der Waals surface area (Å²) in [7, 11) is 0. The van der Waals surface area contributed by atoms with Gasteiger partial charge in [0.1, 0.15) is 25.2 Å². The van der Waals surface area contributed by atoms with Crippen LogP contribution < -0.4 is 0 Å². The number of allylic oxidation sites excluding steroid dienone is 1. The van der Waals surface area contributed by atoms with Gasteiger partial charge in [0.05, 0.1) is 29.2 Å². The van der Waals surface area contributed by atoms with E-state index in [4.69, 9.17) is 9.47 Å². The molecule has 9 heteroatoms. The van der Waals surface area contributed by atoms with E-state index < -0.39 is 10.3 Å². The second kappa shape index (κ2) is 6.99. The zero-order chi connectivity index (χ0) is 17.9. The number of benzene rings is 1. The van der Waals surface area contributed by atoms with E-state index >= 15 is 0 Å². The van der Waals surface area contributed by atoms with Gasteiger partial charge in [0, 0.05) is 18.6 Å². The third-order valence-corrected chi connectivity index (χ3v) is 4.07. The van der Waals surface area contributed by atoms with Crippen LogP contribution in [0.4, 0.5) is 5.69 Å². The molecule has 0 amide bonds. The lowest BCUT2D eigenvalue weighted by Crippen LogP contribution is -2.37. The monoisotopic (exact) mass is 346 g/mol. The average molecular weight is 346 g/mol. The van der Waals surface area contributed by atoms with Crippen molar-refractivity contribution in [3.63, 3.8) is 0 Å². The number of rotatable bonds is 5. The minimum Gasteiger partial charge on any atom is -0.510 e. The van der Waals surface area contributed by atoms with Crippen molar-refractivity contribution in [2.45, 2.75) is 13.3 Å². The van der Waals surface area contributed by atoms with Crippen molar-refractivity contribution in [3.8, 4) is 0 Å². The third-order valence-electron chi connectivity index (χ3n) is 4.07. The minimum atomic E-state index is -0.708. The topological polar surface area (TPSA) is 113 Å². The summed E-state index contributed by atoms with van der Waals surface area (Å²) in [6, 6.07) is 6.16. The zero-order valence-corrected chi connectivity index (χ0v) is 13.7. The molecule has 1 aromatic carbocycles. The number of ether oxygens (including phenoxy) is 2. The van der Waals surface area contributed by atoms with Crippen LogP contribution in [0.15, 0.2) is 42.7 Å². The Kier molecular flexibility index (Phi) is 4.77. The van der Waals surface area contributed by atoms with Crippen LogP contribution in [0, 0.1) is 15.5 Å². The maximum Gasteiger partial charge on any atom is 0.269 e. The maximum absolute atomic E-state index is 10.9. The van der Waals surface area contributed by atoms with Crippen LogP contribution in [0.2, 0.25) is 0 Å². The van der Waals surface area contributed by atoms with Crippen molar-refractivity contribution in [2.75, 3.05) is 20.0 Å². The molecule has 0 spiro atoms. The molecule has 9 nitrogen and oxygen atoms in total. The van der Waals surface area contributed by atoms with E-state index in [1.807, 2.05) is 6.92 Å². The smallest absolute Gasteiger partial charge is 0.269 e. The highest BCUT2D eigenvalue weighted by Crippen LogP contribution is 2.33. The van der Waals surface area contributed by atoms with Gasteiger partial charge < -0.3 is 14.6 Å². The maximum atomic E-state index is 10.9. The van der Waals surface area contributed by atoms with E-state index in [-0.39, 0.29) is 18.2 Å². The third kappa shape index (κ3) is 3.67. The largest absolute Gasteiger partial charge is 0.510 e. The summed E-state index contributed by atoms with van der Waals surface area (Å²) in [6.07, 6.45) is 3.19. The number of nitro benzene ring substituents is 1. The molecule has 1 aromatic heterocycles. The van der Waals surface area contributed by atoms with Gasteiger partial charge in [-0.3, -0.25) is 10.1 Å². The SMILES string of the molecule is CC1(C(O)=C(Cc2ccc([N+](=O)[O-])cc2)n2cncn2)COCOC1. The van der Waals surface area contributed by atoms with Crippen molar-refractivity contribution in [1.82, 2.24) is 14.8 Å². The number of hydrogen-bond acceptors (Lipinski definition) is 7. The molecular formula is C16H18N4O5. The molecule has 1 fully saturated rings. The molecule has 25 heavy (non-hydrogen) atoms. The van der Waals surface area contributed by atoms with Crippen LogP contribution in [0.5, 0.6) is 0 Å². The molecule has 1 N–H and O–H groups in total. The van der Waals surface area contributed by atoms with Gasteiger partial charge in [-0.1, -0.05) is 12.1 Å². The quantitative estimate of drug-likeness (QED) is 0.501. The van der Waals surface area contributed by atoms with Crippen LogP contribution in [0.1, 0.15) is 12.5 Å². The molecule has 0 atom stereocenters. The normalized spacial score (nSPS) is 17.8. The lowest BCUT2D eigenvalue weighted by Gasteiger charge is -2.33. The van der Waals surface area contributed by atoms with Gasteiger partial charge in [0.15, 0.2) is 0 Å². The predicted octanol–water partition coefficient (Wildman–Crippen LogP) is 2.17. The average Bonchev–Trinajstić information content (AvgIpc) is 3.14. The van der Waals surface area contributed by atoms with Crippen LogP contribution in [-0.4, -0.2) is 44.8 Å². The fourth-order valence-corrected chi connectivity index (χ4v) is 2.67. The molecule has 1 aliphatic rings. The first kappa shape index (κ1) is 17.1. The Bertz CT molecular complexity index is 764. The molecule has 132 valence electrons.